The van der Waals surface area contributed by atoms with Crippen molar-refractivity contribution >= 4 is 29.7 Å². The van der Waals surface area contributed by atoms with Crippen LogP contribution in [0.15, 0.2) is 42.0 Å². The molecule has 0 radical (unpaired) electrons. The molecule has 7 heteroatoms. The van der Waals surface area contributed by atoms with Gasteiger partial charge in [0.25, 0.3) is 0 Å². The number of carbonyl (C=O) groups excluding carboxylic acids is 3. The smallest absolute Gasteiger partial charge is 0.338 e. The van der Waals surface area contributed by atoms with Crippen molar-refractivity contribution in [3.63, 3.8) is 0 Å². The highest BCUT2D eigenvalue weighted by molar-refractivity contribution is 8.00. The van der Waals surface area contributed by atoms with Crippen molar-refractivity contribution in [3.05, 3.63) is 47.5 Å². The molecule has 39 heavy (non-hydrogen) atoms. The Bertz CT molecular complexity index is 1120. The minimum absolute atomic E-state index is 0.0544. The predicted molar refractivity (Wildman–Crippen MR) is 151 cm³/mol. The van der Waals surface area contributed by atoms with Crippen LogP contribution in [-0.2, 0) is 23.8 Å². The summed E-state index contributed by atoms with van der Waals surface area (Å²) in [6, 6.07) is 9.30. The zero-order chi connectivity index (χ0) is 27.8. The summed E-state index contributed by atoms with van der Waals surface area (Å²) in [5.41, 5.74) is 2.05. The number of hydrogen-bond donors (Lipinski definition) is 0. The van der Waals surface area contributed by atoms with Crippen molar-refractivity contribution < 1.29 is 28.6 Å². The van der Waals surface area contributed by atoms with Crippen LogP contribution in [-0.4, -0.2) is 48.2 Å². The third kappa shape index (κ3) is 5.40. The monoisotopic (exact) mass is 554 g/mol. The Labute approximate surface area is 236 Å². The Balaban J connectivity index is 1.41. The molecule has 8 atom stereocenters. The molecule has 0 bridgehead atoms. The SMILES string of the molecule is COC(=O)CCS[C@@H]1C=C2C[C@@H](OC(C)=O)CC[C@]2(C)C2CC[C@@]3(C)C(CC[C@@H]3OC(=O)c3ccccc3)C21. The topological polar surface area (TPSA) is 78.9 Å². The fourth-order valence-electron chi connectivity index (χ4n) is 8.38. The van der Waals surface area contributed by atoms with E-state index in [9.17, 15) is 14.4 Å². The van der Waals surface area contributed by atoms with Gasteiger partial charge in [-0.15, -0.1) is 0 Å². The van der Waals surface area contributed by atoms with E-state index in [0.717, 1.165) is 44.9 Å². The van der Waals surface area contributed by atoms with Crippen molar-refractivity contribution in [1.29, 1.82) is 0 Å². The highest BCUT2D eigenvalue weighted by atomic mass is 32.2. The number of esters is 3. The molecule has 6 nitrogen and oxygen atoms in total. The van der Waals surface area contributed by atoms with Gasteiger partial charge in [0.1, 0.15) is 12.2 Å². The molecule has 5 rings (SSSR count). The number of rotatable bonds is 7. The van der Waals surface area contributed by atoms with Crippen LogP contribution in [0.4, 0.5) is 0 Å². The van der Waals surface area contributed by atoms with Crippen molar-refractivity contribution in [2.75, 3.05) is 12.9 Å². The maximum atomic E-state index is 13.0. The lowest BCUT2D eigenvalue weighted by Gasteiger charge is -2.59. The minimum Gasteiger partial charge on any atom is -0.469 e. The largest absolute Gasteiger partial charge is 0.469 e. The molecule has 1 aromatic carbocycles. The number of fused-ring (bicyclic) bond motifs is 5. The second-order valence-electron chi connectivity index (χ2n) is 12.4. The normalized spacial score (nSPS) is 37.0. The predicted octanol–water partition coefficient (Wildman–Crippen LogP) is 6.38. The first-order valence-corrected chi connectivity index (χ1v) is 15.5. The van der Waals surface area contributed by atoms with Gasteiger partial charge in [-0.1, -0.05) is 43.7 Å². The van der Waals surface area contributed by atoms with Gasteiger partial charge in [-0.3, -0.25) is 9.59 Å². The van der Waals surface area contributed by atoms with Crippen LogP contribution in [0.3, 0.4) is 0 Å². The van der Waals surface area contributed by atoms with Crippen LogP contribution in [0.25, 0.3) is 0 Å². The van der Waals surface area contributed by atoms with Gasteiger partial charge in [0.2, 0.25) is 0 Å². The van der Waals surface area contributed by atoms with Gasteiger partial charge in [-0.25, -0.2) is 4.79 Å². The zero-order valence-electron chi connectivity index (χ0n) is 23.6. The van der Waals surface area contributed by atoms with E-state index in [4.69, 9.17) is 14.2 Å². The molecule has 3 saturated carbocycles. The van der Waals surface area contributed by atoms with Crippen molar-refractivity contribution in [3.8, 4) is 0 Å². The van der Waals surface area contributed by atoms with E-state index >= 15 is 0 Å². The van der Waals surface area contributed by atoms with Crippen molar-refractivity contribution in [1.82, 2.24) is 0 Å². The molecule has 1 aromatic rings. The lowest BCUT2D eigenvalue weighted by atomic mass is 9.48. The second kappa shape index (κ2) is 11.3. The van der Waals surface area contributed by atoms with Crippen LogP contribution in [0, 0.1) is 28.6 Å². The van der Waals surface area contributed by atoms with E-state index < -0.39 is 0 Å². The van der Waals surface area contributed by atoms with Gasteiger partial charge < -0.3 is 14.2 Å². The molecule has 0 N–H and O–H groups in total. The molecular weight excluding hydrogens is 512 g/mol. The van der Waals surface area contributed by atoms with E-state index in [2.05, 4.69) is 19.9 Å². The summed E-state index contributed by atoms with van der Waals surface area (Å²) in [5.74, 6) is 1.51. The molecule has 0 aromatic heterocycles. The summed E-state index contributed by atoms with van der Waals surface area (Å²) in [5, 5.41) is 0.270. The first-order valence-electron chi connectivity index (χ1n) is 14.5. The fourth-order valence-corrected chi connectivity index (χ4v) is 9.80. The van der Waals surface area contributed by atoms with E-state index in [0.29, 0.717) is 35.5 Å². The summed E-state index contributed by atoms with van der Waals surface area (Å²) in [6.45, 7) is 6.27. The molecule has 0 spiro atoms. The average molecular weight is 555 g/mol. The van der Waals surface area contributed by atoms with E-state index in [-0.39, 0.29) is 46.2 Å². The lowest BCUT2D eigenvalue weighted by Crippen LogP contribution is -2.55. The molecule has 212 valence electrons. The van der Waals surface area contributed by atoms with Gasteiger partial charge in [0.15, 0.2) is 0 Å². The highest BCUT2D eigenvalue weighted by Gasteiger charge is 2.61. The Morgan fingerprint density at radius 2 is 1.74 bits per heavy atom. The third-order valence-electron chi connectivity index (χ3n) is 10.4. The van der Waals surface area contributed by atoms with Crippen LogP contribution in [0.5, 0.6) is 0 Å². The molecule has 4 aliphatic carbocycles. The van der Waals surface area contributed by atoms with Gasteiger partial charge >= 0.3 is 17.9 Å². The average Bonchev–Trinajstić information content (AvgIpc) is 3.25. The maximum absolute atomic E-state index is 13.0. The number of hydrogen-bond acceptors (Lipinski definition) is 7. The molecule has 0 amide bonds. The van der Waals surface area contributed by atoms with Gasteiger partial charge in [0, 0.05) is 29.8 Å². The molecular formula is C32H42O6S. The molecule has 4 aliphatic rings. The Morgan fingerprint density at radius 1 is 0.974 bits per heavy atom. The number of ether oxygens (including phenoxy) is 3. The van der Waals surface area contributed by atoms with Crippen LogP contribution < -0.4 is 0 Å². The molecule has 0 saturated heterocycles. The Morgan fingerprint density at radius 3 is 2.46 bits per heavy atom. The van der Waals surface area contributed by atoms with E-state index in [1.807, 2.05) is 42.1 Å². The van der Waals surface area contributed by atoms with Crippen LogP contribution >= 0.6 is 11.8 Å². The fraction of sp³-hybridized carbons (Fsp3) is 0.656. The number of thioether (sulfide) groups is 1. The first-order chi connectivity index (χ1) is 18.7. The number of benzene rings is 1. The van der Waals surface area contributed by atoms with Gasteiger partial charge in [-0.2, -0.15) is 11.8 Å². The quantitative estimate of drug-likeness (QED) is 0.220. The number of carbonyl (C=O) groups is 3. The lowest BCUT2D eigenvalue weighted by molar-refractivity contribution is -0.148. The van der Waals surface area contributed by atoms with Crippen molar-refractivity contribution in [2.45, 2.75) is 89.6 Å². The van der Waals surface area contributed by atoms with E-state index in [1.165, 1.54) is 19.6 Å². The maximum Gasteiger partial charge on any atom is 0.338 e. The summed E-state index contributed by atoms with van der Waals surface area (Å²) < 4.78 is 16.8. The molecule has 0 heterocycles. The van der Waals surface area contributed by atoms with Crippen molar-refractivity contribution in [2.24, 2.45) is 28.6 Å². The molecule has 3 fully saturated rings. The summed E-state index contributed by atoms with van der Waals surface area (Å²) in [4.78, 5) is 36.6. The molecule has 0 aliphatic heterocycles. The first kappa shape index (κ1) is 28.3. The van der Waals surface area contributed by atoms with Crippen LogP contribution in [0.1, 0.15) is 82.5 Å². The second-order valence-corrected chi connectivity index (χ2v) is 13.7. The Hall–Kier alpha value is -2.28. The summed E-state index contributed by atoms with van der Waals surface area (Å²) >= 11 is 1.86. The third-order valence-corrected chi connectivity index (χ3v) is 11.7. The minimum atomic E-state index is -0.227. The van der Waals surface area contributed by atoms with Gasteiger partial charge in [0.05, 0.1) is 19.1 Å². The van der Waals surface area contributed by atoms with E-state index in [1.54, 1.807) is 0 Å². The molecule has 3 unspecified atom stereocenters. The highest BCUT2D eigenvalue weighted by Crippen LogP contribution is 2.66. The summed E-state index contributed by atoms with van der Waals surface area (Å²) in [7, 11) is 1.44. The van der Waals surface area contributed by atoms with Crippen LogP contribution in [0.2, 0.25) is 0 Å². The summed E-state index contributed by atoms with van der Waals surface area (Å²) in [6.07, 6.45) is 9.52. The zero-order valence-corrected chi connectivity index (χ0v) is 24.5. The Kier molecular flexibility index (Phi) is 8.19. The van der Waals surface area contributed by atoms with Gasteiger partial charge in [-0.05, 0) is 73.8 Å². The standard InChI is InChI=1S/C32H42O6S/c1-20(33)37-23-12-15-31(2)22(18-23)19-26(39-17-14-28(34)36-4)29-24-10-11-27(32(24,3)16-13-25(29)31)38-30(35)21-8-6-5-7-9-21/h5-9,19,23-27,29H,10-18H2,1-4H3/t23-,24?,25?,26+,27-,29?,31-,32-/m0/s1. The number of methoxy groups -OCH3 is 1.